The third kappa shape index (κ3) is 4.54. The normalized spacial score (nSPS) is 18.0. The molecule has 1 aromatic carbocycles. The maximum absolute atomic E-state index is 13.6. The van der Waals surface area contributed by atoms with Crippen molar-refractivity contribution in [1.29, 1.82) is 0 Å². The second-order valence-corrected chi connectivity index (χ2v) is 8.91. The summed E-state index contributed by atoms with van der Waals surface area (Å²) in [5.74, 6) is 0.405. The number of nitrogens with one attached hydrogen (secondary N) is 1. The molecule has 0 bridgehead atoms. The minimum atomic E-state index is -0.0799. The van der Waals surface area contributed by atoms with E-state index >= 15 is 0 Å². The molecule has 1 N–H and O–H groups in total. The topological polar surface area (TPSA) is 65.5 Å². The summed E-state index contributed by atoms with van der Waals surface area (Å²) in [4.78, 5) is 34.4. The van der Waals surface area contributed by atoms with Gasteiger partial charge in [-0.25, -0.2) is 9.78 Å². The summed E-state index contributed by atoms with van der Waals surface area (Å²) in [6, 6.07) is 11.1. The Bertz CT molecular complexity index is 957. The Morgan fingerprint density at radius 3 is 2.55 bits per heavy atom. The second-order valence-electron chi connectivity index (χ2n) is 8.47. The Kier molecular flexibility index (Phi) is 6.46. The van der Waals surface area contributed by atoms with Crippen LogP contribution >= 0.6 is 11.6 Å². The van der Waals surface area contributed by atoms with E-state index in [1.54, 1.807) is 23.1 Å². The molecule has 1 aromatic heterocycles. The molecule has 4 rings (SSSR count). The summed E-state index contributed by atoms with van der Waals surface area (Å²) in [6.45, 7) is 4.34. The molecule has 1 atom stereocenters. The highest BCUT2D eigenvalue weighted by atomic mass is 35.5. The summed E-state index contributed by atoms with van der Waals surface area (Å²) in [6.07, 6.45) is 6.30. The molecule has 7 heteroatoms. The predicted octanol–water partition coefficient (Wildman–Crippen LogP) is 6.13. The average Bonchev–Trinajstić information content (AvgIpc) is 2.79. The third-order valence-corrected chi connectivity index (χ3v) is 6.61. The fraction of sp³-hybridized carbons (Fsp3) is 0.458. The summed E-state index contributed by atoms with van der Waals surface area (Å²) >= 11 is 6.08. The van der Waals surface area contributed by atoms with Gasteiger partial charge in [-0.3, -0.25) is 9.69 Å². The highest BCUT2D eigenvalue weighted by molar-refractivity contribution is 6.30. The smallest absolute Gasteiger partial charge is 0.315 e. The van der Waals surface area contributed by atoms with E-state index < -0.39 is 0 Å². The zero-order chi connectivity index (χ0) is 22.0. The van der Waals surface area contributed by atoms with Crippen LogP contribution in [0, 0.1) is 5.92 Å². The van der Waals surface area contributed by atoms with Crippen LogP contribution in [-0.4, -0.2) is 27.9 Å². The maximum Gasteiger partial charge on any atom is 0.329 e. The zero-order valence-electron chi connectivity index (χ0n) is 18.1. The van der Waals surface area contributed by atoms with Crippen molar-refractivity contribution in [3.8, 4) is 0 Å². The first-order valence-corrected chi connectivity index (χ1v) is 11.5. The molecule has 2 aromatic rings. The van der Waals surface area contributed by atoms with Gasteiger partial charge in [0, 0.05) is 17.0 Å². The molecule has 0 saturated heterocycles. The molecule has 6 nitrogen and oxygen atoms in total. The molecule has 2 aliphatic rings. The van der Waals surface area contributed by atoms with E-state index in [9.17, 15) is 9.59 Å². The summed E-state index contributed by atoms with van der Waals surface area (Å²) in [5, 5.41) is 3.54. The number of urea groups is 1. The zero-order valence-corrected chi connectivity index (χ0v) is 18.9. The van der Waals surface area contributed by atoms with Crippen molar-refractivity contribution in [2.24, 2.45) is 5.92 Å². The Labute approximate surface area is 188 Å². The number of amides is 3. The highest BCUT2D eigenvalue weighted by Gasteiger charge is 2.36. The Hall–Kier alpha value is -2.60. The first-order valence-electron chi connectivity index (χ1n) is 11.1. The van der Waals surface area contributed by atoms with Crippen molar-refractivity contribution in [2.75, 3.05) is 10.2 Å². The number of halogens is 1. The molecule has 0 unspecified atom stereocenters. The van der Waals surface area contributed by atoms with Crippen molar-refractivity contribution in [3.63, 3.8) is 0 Å². The first kappa shape index (κ1) is 21.6. The van der Waals surface area contributed by atoms with Crippen LogP contribution in [0.15, 0.2) is 36.4 Å². The van der Waals surface area contributed by atoms with Gasteiger partial charge in [0.05, 0.1) is 23.6 Å². The van der Waals surface area contributed by atoms with E-state index in [4.69, 9.17) is 16.6 Å². The van der Waals surface area contributed by atoms with E-state index in [-0.39, 0.29) is 23.9 Å². The first-order chi connectivity index (χ1) is 15.0. The number of aromatic nitrogens is 1. The van der Waals surface area contributed by atoms with Crippen molar-refractivity contribution >= 4 is 40.7 Å². The van der Waals surface area contributed by atoms with Gasteiger partial charge < -0.3 is 10.2 Å². The Morgan fingerprint density at radius 1 is 1.16 bits per heavy atom. The highest BCUT2D eigenvalue weighted by Crippen LogP contribution is 2.38. The van der Waals surface area contributed by atoms with Crippen molar-refractivity contribution in [2.45, 2.75) is 65.0 Å². The van der Waals surface area contributed by atoms with Crippen molar-refractivity contribution in [3.05, 3.63) is 47.1 Å². The van der Waals surface area contributed by atoms with Crippen LogP contribution in [0.5, 0.6) is 0 Å². The van der Waals surface area contributed by atoms with Gasteiger partial charge in [0.1, 0.15) is 5.82 Å². The van der Waals surface area contributed by atoms with E-state index in [0.717, 1.165) is 49.2 Å². The third-order valence-electron chi connectivity index (χ3n) is 6.36. The number of carbonyl (C=O) groups is 2. The number of fused-ring (bicyclic) bond motifs is 1. The number of rotatable bonds is 5. The number of hydrogen-bond donors (Lipinski definition) is 1. The number of benzene rings is 1. The molecule has 164 valence electrons. The Morgan fingerprint density at radius 2 is 1.87 bits per heavy atom. The second kappa shape index (κ2) is 9.27. The lowest BCUT2D eigenvalue weighted by atomic mass is 9.93. The number of carbonyl (C=O) groups excluding carboxylic acids is 2. The molecule has 31 heavy (non-hydrogen) atoms. The Balaban J connectivity index is 1.70. The largest absolute Gasteiger partial charge is 0.329 e. The van der Waals surface area contributed by atoms with Crippen LogP contribution in [0.1, 0.15) is 58.1 Å². The van der Waals surface area contributed by atoms with Gasteiger partial charge in [-0.2, -0.15) is 0 Å². The predicted molar refractivity (Wildman–Crippen MR) is 124 cm³/mol. The molecule has 0 radical (unpaired) electrons. The van der Waals surface area contributed by atoms with Gasteiger partial charge in [-0.1, -0.05) is 44.7 Å². The minimum absolute atomic E-state index is 0.0279. The van der Waals surface area contributed by atoms with Gasteiger partial charge in [0.15, 0.2) is 0 Å². The van der Waals surface area contributed by atoms with E-state index in [1.165, 1.54) is 6.42 Å². The van der Waals surface area contributed by atoms with E-state index in [1.807, 2.05) is 36.9 Å². The van der Waals surface area contributed by atoms with Crippen LogP contribution in [0.25, 0.3) is 0 Å². The number of hydrogen-bond acceptors (Lipinski definition) is 3. The molecule has 1 saturated carbocycles. The molecule has 1 aliphatic carbocycles. The van der Waals surface area contributed by atoms with Crippen LogP contribution < -0.4 is 10.2 Å². The average molecular weight is 441 g/mol. The fourth-order valence-electron chi connectivity index (χ4n) is 4.30. The van der Waals surface area contributed by atoms with Gasteiger partial charge in [-0.15, -0.1) is 0 Å². The van der Waals surface area contributed by atoms with Crippen LogP contribution in [-0.2, 0) is 11.3 Å². The molecule has 3 amide bonds. The monoisotopic (exact) mass is 440 g/mol. The van der Waals surface area contributed by atoms with Crippen LogP contribution in [0.3, 0.4) is 0 Å². The van der Waals surface area contributed by atoms with Gasteiger partial charge in [-0.05, 0) is 55.7 Å². The van der Waals surface area contributed by atoms with Crippen molar-refractivity contribution in [1.82, 2.24) is 9.88 Å². The van der Waals surface area contributed by atoms with Gasteiger partial charge in [0.25, 0.3) is 0 Å². The van der Waals surface area contributed by atoms with Crippen LogP contribution in [0.4, 0.5) is 22.0 Å². The van der Waals surface area contributed by atoms with Gasteiger partial charge >= 0.3 is 6.03 Å². The number of nitrogens with zero attached hydrogens (tertiary/aromatic N) is 3. The fourth-order valence-corrected chi connectivity index (χ4v) is 4.42. The summed E-state index contributed by atoms with van der Waals surface area (Å²) < 4.78 is 0. The lowest BCUT2D eigenvalue weighted by Crippen LogP contribution is -2.50. The van der Waals surface area contributed by atoms with Crippen molar-refractivity contribution < 1.29 is 9.59 Å². The van der Waals surface area contributed by atoms with Crippen LogP contribution in [0.2, 0.25) is 5.02 Å². The number of anilines is 3. The van der Waals surface area contributed by atoms with E-state index in [0.29, 0.717) is 17.4 Å². The van der Waals surface area contributed by atoms with Gasteiger partial charge in [0.2, 0.25) is 5.91 Å². The lowest BCUT2D eigenvalue weighted by Gasteiger charge is -2.42. The SMILES string of the molecule is CC[C@@H](C)C(=O)Nc1ccc2c(n1)CN(C1CCCCC1)C(=O)N2c1ccc(Cl)cc1. The molecule has 0 spiro atoms. The molecule has 1 aliphatic heterocycles. The molecular weight excluding hydrogens is 412 g/mol. The maximum atomic E-state index is 13.6. The quantitative estimate of drug-likeness (QED) is 0.608. The summed E-state index contributed by atoms with van der Waals surface area (Å²) in [7, 11) is 0. The standard InChI is InChI=1S/C24H29ClN4O2/c1-3-16(2)23(30)27-22-14-13-21-20(26-22)15-28(18-7-5-4-6-8-18)24(31)29(21)19-11-9-17(25)10-12-19/h9-14,16,18H,3-8,15H2,1-2H3,(H,26,27,30)/t16-/m1/s1. The van der Waals surface area contributed by atoms with E-state index in [2.05, 4.69) is 5.32 Å². The minimum Gasteiger partial charge on any atom is -0.315 e. The number of pyridine rings is 1. The molecule has 1 fully saturated rings. The summed E-state index contributed by atoms with van der Waals surface area (Å²) in [5.41, 5.74) is 2.30. The molecule has 2 heterocycles. The lowest BCUT2D eigenvalue weighted by molar-refractivity contribution is -0.119. The molecular formula is C24H29ClN4O2.